The average Bonchev–Trinajstić information content (AvgIpc) is 3.24. The van der Waals surface area contributed by atoms with Crippen LogP contribution >= 0.6 is 0 Å². The van der Waals surface area contributed by atoms with E-state index in [4.69, 9.17) is 9.47 Å². The summed E-state index contributed by atoms with van der Waals surface area (Å²) in [5.41, 5.74) is 3.23. The molecule has 162 valence electrons. The summed E-state index contributed by atoms with van der Waals surface area (Å²) in [5, 5.41) is 0. The maximum absolute atomic E-state index is 12.5. The van der Waals surface area contributed by atoms with Crippen LogP contribution in [0.1, 0.15) is 16.8 Å². The summed E-state index contributed by atoms with van der Waals surface area (Å²) in [6, 6.07) is 24.1. The van der Waals surface area contributed by atoms with Gasteiger partial charge in [-0.2, -0.15) is 0 Å². The molecule has 6 nitrogen and oxygen atoms in total. The van der Waals surface area contributed by atoms with Gasteiger partial charge in [0.2, 0.25) is 5.91 Å². The summed E-state index contributed by atoms with van der Waals surface area (Å²) in [7, 11) is 1.57. The van der Waals surface area contributed by atoms with Gasteiger partial charge in [-0.05, 0) is 35.4 Å². The first-order chi connectivity index (χ1) is 15.5. The van der Waals surface area contributed by atoms with Crippen molar-refractivity contribution >= 4 is 23.3 Å². The van der Waals surface area contributed by atoms with E-state index in [0.717, 1.165) is 11.1 Å². The number of ketones is 1. The number of nitrogens with zero attached hydrogens (tertiary/aromatic N) is 1. The Bertz CT molecular complexity index is 1110. The Balaban J connectivity index is 1.32. The number of hydrogen-bond acceptors (Lipinski definition) is 5. The predicted molar refractivity (Wildman–Crippen MR) is 121 cm³/mol. The van der Waals surface area contributed by atoms with Crippen molar-refractivity contribution in [3.05, 3.63) is 84.4 Å². The van der Waals surface area contributed by atoms with Gasteiger partial charge in [0.05, 0.1) is 13.0 Å². The molecule has 0 aromatic heterocycles. The summed E-state index contributed by atoms with van der Waals surface area (Å²) in [6.07, 6.45) is 0.0603. The van der Waals surface area contributed by atoms with Crippen molar-refractivity contribution in [2.75, 3.05) is 25.2 Å². The average molecular weight is 429 g/mol. The Kier molecular flexibility index (Phi) is 6.31. The standard InChI is InChI=1S/C26H23NO5/c1-31-23-13-11-22(12-14-23)27-16-21(15-25(27)29)26(30)32-17-24(28)20-9-7-19(8-10-20)18-5-3-2-4-6-18/h2-14,21H,15-17H2,1H3/t21-/m0/s1. The molecule has 1 aliphatic heterocycles. The molecular weight excluding hydrogens is 406 g/mol. The number of rotatable bonds is 7. The second-order valence-electron chi connectivity index (χ2n) is 7.58. The van der Waals surface area contributed by atoms with Crippen LogP contribution in [-0.4, -0.2) is 37.9 Å². The molecule has 3 aromatic carbocycles. The largest absolute Gasteiger partial charge is 0.497 e. The first-order valence-corrected chi connectivity index (χ1v) is 10.3. The van der Waals surface area contributed by atoms with Crippen LogP contribution in [0.3, 0.4) is 0 Å². The van der Waals surface area contributed by atoms with Gasteiger partial charge in [0.15, 0.2) is 12.4 Å². The molecule has 0 spiro atoms. The third-order valence-electron chi connectivity index (χ3n) is 5.50. The number of Topliss-reactive ketones (excluding diaryl/α,β-unsaturated/α-hetero) is 1. The highest BCUT2D eigenvalue weighted by Crippen LogP contribution is 2.27. The predicted octanol–water partition coefficient (Wildman–Crippen LogP) is 4.14. The Labute approximate surface area is 186 Å². The van der Waals surface area contributed by atoms with Crippen molar-refractivity contribution in [1.82, 2.24) is 0 Å². The van der Waals surface area contributed by atoms with Gasteiger partial charge in [-0.25, -0.2) is 0 Å². The van der Waals surface area contributed by atoms with E-state index in [1.54, 1.807) is 48.4 Å². The second kappa shape index (κ2) is 9.47. The highest BCUT2D eigenvalue weighted by molar-refractivity contribution is 6.01. The molecule has 3 aromatic rings. The van der Waals surface area contributed by atoms with Gasteiger partial charge in [-0.1, -0.05) is 54.6 Å². The zero-order valence-electron chi connectivity index (χ0n) is 17.7. The summed E-state index contributed by atoms with van der Waals surface area (Å²) in [4.78, 5) is 38.8. The molecule has 1 fully saturated rings. The Hall–Kier alpha value is -3.93. The minimum Gasteiger partial charge on any atom is -0.497 e. The van der Waals surface area contributed by atoms with E-state index in [-0.39, 0.29) is 31.3 Å². The lowest BCUT2D eigenvalue weighted by Gasteiger charge is -2.16. The number of hydrogen-bond donors (Lipinski definition) is 0. The van der Waals surface area contributed by atoms with Crippen LogP contribution in [0.15, 0.2) is 78.9 Å². The zero-order valence-corrected chi connectivity index (χ0v) is 17.7. The zero-order chi connectivity index (χ0) is 22.5. The van der Waals surface area contributed by atoms with Crippen LogP contribution in [-0.2, 0) is 14.3 Å². The monoisotopic (exact) mass is 429 g/mol. The molecule has 6 heteroatoms. The molecule has 1 aliphatic rings. The van der Waals surface area contributed by atoms with E-state index < -0.39 is 11.9 Å². The molecule has 0 bridgehead atoms. The van der Waals surface area contributed by atoms with E-state index in [2.05, 4.69) is 0 Å². The van der Waals surface area contributed by atoms with Crippen LogP contribution < -0.4 is 9.64 Å². The number of methoxy groups -OCH3 is 1. The smallest absolute Gasteiger partial charge is 0.311 e. The van der Waals surface area contributed by atoms with Crippen molar-refractivity contribution in [2.45, 2.75) is 6.42 Å². The molecule has 0 N–H and O–H groups in total. The molecule has 32 heavy (non-hydrogen) atoms. The SMILES string of the molecule is COc1ccc(N2C[C@@H](C(=O)OCC(=O)c3ccc(-c4ccccc4)cc3)CC2=O)cc1. The van der Waals surface area contributed by atoms with E-state index in [0.29, 0.717) is 17.0 Å². The minimum absolute atomic E-state index is 0.0603. The normalized spacial score (nSPS) is 15.5. The second-order valence-corrected chi connectivity index (χ2v) is 7.58. The lowest BCUT2D eigenvalue weighted by molar-refractivity contribution is -0.147. The highest BCUT2D eigenvalue weighted by atomic mass is 16.5. The van der Waals surface area contributed by atoms with Gasteiger partial charge in [0, 0.05) is 24.2 Å². The molecule has 1 heterocycles. The number of ether oxygens (including phenoxy) is 2. The third-order valence-corrected chi connectivity index (χ3v) is 5.50. The number of benzene rings is 3. The fraction of sp³-hybridized carbons (Fsp3) is 0.192. The molecule has 1 amide bonds. The number of anilines is 1. The number of amides is 1. The first-order valence-electron chi connectivity index (χ1n) is 10.3. The van der Waals surface area contributed by atoms with Crippen LogP contribution in [0.5, 0.6) is 5.75 Å². The number of carbonyl (C=O) groups is 3. The van der Waals surface area contributed by atoms with Gasteiger partial charge < -0.3 is 14.4 Å². The minimum atomic E-state index is -0.599. The quantitative estimate of drug-likeness (QED) is 0.417. The van der Waals surface area contributed by atoms with Gasteiger partial charge in [-0.15, -0.1) is 0 Å². The highest BCUT2D eigenvalue weighted by Gasteiger charge is 2.36. The Morgan fingerprint density at radius 3 is 2.22 bits per heavy atom. The summed E-state index contributed by atoms with van der Waals surface area (Å²) >= 11 is 0. The van der Waals surface area contributed by atoms with Crippen molar-refractivity contribution in [3.63, 3.8) is 0 Å². The molecule has 1 saturated heterocycles. The number of carbonyl (C=O) groups excluding carboxylic acids is 3. The lowest BCUT2D eigenvalue weighted by Crippen LogP contribution is -2.27. The van der Waals surface area contributed by atoms with E-state index in [9.17, 15) is 14.4 Å². The van der Waals surface area contributed by atoms with Crippen LogP contribution in [0, 0.1) is 5.92 Å². The Morgan fingerprint density at radius 1 is 0.906 bits per heavy atom. The lowest BCUT2D eigenvalue weighted by atomic mass is 10.0. The molecule has 0 saturated carbocycles. The molecule has 0 aliphatic carbocycles. The van der Waals surface area contributed by atoms with Crippen LogP contribution in [0.2, 0.25) is 0 Å². The maximum atomic E-state index is 12.5. The van der Waals surface area contributed by atoms with E-state index in [1.165, 1.54) is 0 Å². The van der Waals surface area contributed by atoms with Crippen molar-refractivity contribution in [3.8, 4) is 16.9 Å². The Morgan fingerprint density at radius 2 is 1.56 bits per heavy atom. The molecule has 1 atom stereocenters. The van der Waals surface area contributed by atoms with Gasteiger partial charge in [0.1, 0.15) is 5.75 Å². The fourth-order valence-corrected chi connectivity index (χ4v) is 3.69. The van der Waals surface area contributed by atoms with Crippen LogP contribution in [0.4, 0.5) is 5.69 Å². The third kappa shape index (κ3) is 4.70. The topological polar surface area (TPSA) is 72.9 Å². The van der Waals surface area contributed by atoms with Crippen molar-refractivity contribution in [2.24, 2.45) is 5.92 Å². The van der Waals surface area contributed by atoms with Gasteiger partial charge >= 0.3 is 5.97 Å². The van der Waals surface area contributed by atoms with Crippen LogP contribution in [0.25, 0.3) is 11.1 Å². The first kappa shape index (κ1) is 21.3. The summed E-state index contributed by atoms with van der Waals surface area (Å²) in [5.74, 6) is -0.887. The molecule has 0 unspecified atom stereocenters. The van der Waals surface area contributed by atoms with Crippen molar-refractivity contribution in [1.29, 1.82) is 0 Å². The molecule has 4 rings (SSSR count). The van der Waals surface area contributed by atoms with E-state index >= 15 is 0 Å². The van der Waals surface area contributed by atoms with E-state index in [1.807, 2.05) is 42.5 Å². The fourth-order valence-electron chi connectivity index (χ4n) is 3.69. The van der Waals surface area contributed by atoms with Gasteiger partial charge in [0.25, 0.3) is 0 Å². The maximum Gasteiger partial charge on any atom is 0.311 e. The summed E-state index contributed by atoms with van der Waals surface area (Å²) < 4.78 is 10.4. The number of esters is 1. The summed E-state index contributed by atoms with van der Waals surface area (Å²) in [6.45, 7) is -0.124. The molecule has 0 radical (unpaired) electrons. The van der Waals surface area contributed by atoms with Gasteiger partial charge in [-0.3, -0.25) is 14.4 Å². The molecular formula is C26H23NO5. The van der Waals surface area contributed by atoms with Crippen molar-refractivity contribution < 1.29 is 23.9 Å².